The number of rotatable bonds is 3. The molecule has 0 aromatic carbocycles. The molecule has 0 unspecified atom stereocenters. The fourth-order valence-electron chi connectivity index (χ4n) is 4.23. The van der Waals surface area contributed by atoms with Crippen molar-refractivity contribution in [2.45, 2.75) is 57.3 Å². The smallest absolute Gasteiger partial charge is 0.144 e. The molecule has 4 N–H and O–H groups in total. The molecule has 6 atom stereocenters. The quantitative estimate of drug-likeness (QED) is 0.566. The van der Waals surface area contributed by atoms with E-state index in [1.165, 1.54) is 0 Å². The van der Waals surface area contributed by atoms with Crippen LogP contribution in [0.15, 0.2) is 12.2 Å². The molecular formula is C16H26O5. The van der Waals surface area contributed by atoms with Crippen molar-refractivity contribution in [2.75, 3.05) is 6.61 Å². The van der Waals surface area contributed by atoms with E-state index in [1.807, 2.05) is 0 Å². The first-order valence-electron chi connectivity index (χ1n) is 7.51. The summed E-state index contributed by atoms with van der Waals surface area (Å²) in [5, 5.41) is 40.5. The third kappa shape index (κ3) is 2.57. The Labute approximate surface area is 125 Å². The summed E-state index contributed by atoms with van der Waals surface area (Å²) in [5.74, 6) is -0.886. The van der Waals surface area contributed by atoms with Crippen LogP contribution in [0.5, 0.6) is 0 Å². The Morgan fingerprint density at radius 3 is 2.43 bits per heavy atom. The van der Waals surface area contributed by atoms with Gasteiger partial charge in [0.2, 0.25) is 0 Å². The van der Waals surface area contributed by atoms with Gasteiger partial charge in [0.15, 0.2) is 0 Å². The summed E-state index contributed by atoms with van der Waals surface area (Å²) < 4.78 is 0. The van der Waals surface area contributed by atoms with E-state index in [-0.39, 0.29) is 31.1 Å². The minimum Gasteiger partial charge on any atom is -0.396 e. The maximum atomic E-state index is 12.6. The van der Waals surface area contributed by atoms with Gasteiger partial charge in [-0.05, 0) is 33.1 Å². The second kappa shape index (κ2) is 5.16. The lowest BCUT2D eigenvalue weighted by atomic mass is 9.51. The van der Waals surface area contributed by atoms with Gasteiger partial charge in [-0.2, -0.15) is 0 Å². The maximum Gasteiger partial charge on any atom is 0.144 e. The lowest BCUT2D eigenvalue weighted by molar-refractivity contribution is -0.177. The first-order chi connectivity index (χ1) is 9.55. The van der Waals surface area contributed by atoms with Gasteiger partial charge in [-0.15, -0.1) is 0 Å². The summed E-state index contributed by atoms with van der Waals surface area (Å²) in [6, 6.07) is 0. The van der Waals surface area contributed by atoms with E-state index in [0.29, 0.717) is 6.42 Å². The van der Waals surface area contributed by atoms with Crippen molar-refractivity contribution >= 4 is 5.78 Å². The molecule has 5 nitrogen and oxygen atoms in total. The average Bonchev–Trinajstić information content (AvgIpc) is 2.32. The molecule has 0 aromatic heterocycles. The van der Waals surface area contributed by atoms with Gasteiger partial charge in [0.25, 0.3) is 0 Å². The van der Waals surface area contributed by atoms with Gasteiger partial charge in [0.05, 0.1) is 22.7 Å². The number of Topliss-reactive ketones (excluding diaryl/α,β-unsaturated/α-hetero) is 1. The van der Waals surface area contributed by atoms with Crippen LogP contribution in [-0.4, -0.2) is 50.1 Å². The molecule has 2 aliphatic carbocycles. The molecule has 0 heterocycles. The van der Waals surface area contributed by atoms with E-state index in [4.69, 9.17) is 5.11 Å². The van der Waals surface area contributed by atoms with E-state index in [1.54, 1.807) is 32.9 Å². The van der Waals surface area contributed by atoms with Crippen LogP contribution in [0.4, 0.5) is 0 Å². The van der Waals surface area contributed by atoms with Gasteiger partial charge in [0, 0.05) is 25.4 Å². The fraction of sp³-hybridized carbons (Fsp3) is 0.812. The van der Waals surface area contributed by atoms with Gasteiger partial charge < -0.3 is 20.4 Å². The molecular weight excluding hydrogens is 272 g/mol. The Balaban J connectivity index is 2.47. The van der Waals surface area contributed by atoms with Gasteiger partial charge in [0.1, 0.15) is 5.78 Å². The predicted octanol–water partition coefficient (Wildman–Crippen LogP) is 0.403. The number of aliphatic hydroxyl groups excluding tert-OH is 2. The van der Waals surface area contributed by atoms with E-state index in [0.717, 1.165) is 0 Å². The van der Waals surface area contributed by atoms with Crippen LogP contribution in [0.3, 0.4) is 0 Å². The minimum absolute atomic E-state index is 0.0488. The summed E-state index contributed by atoms with van der Waals surface area (Å²) >= 11 is 0. The van der Waals surface area contributed by atoms with Crippen LogP contribution in [0.1, 0.15) is 40.0 Å². The van der Waals surface area contributed by atoms with Gasteiger partial charge in [-0.1, -0.05) is 12.2 Å². The Hall–Kier alpha value is -0.750. The van der Waals surface area contributed by atoms with Gasteiger partial charge in [-0.25, -0.2) is 0 Å². The Kier molecular flexibility index (Phi) is 4.08. The molecule has 2 rings (SSSR count). The highest BCUT2D eigenvalue weighted by Crippen LogP contribution is 2.54. The monoisotopic (exact) mass is 298 g/mol. The highest BCUT2D eigenvalue weighted by molar-refractivity contribution is 5.87. The van der Waals surface area contributed by atoms with Crippen molar-refractivity contribution in [2.24, 2.45) is 17.3 Å². The van der Waals surface area contributed by atoms with Crippen molar-refractivity contribution in [1.29, 1.82) is 0 Å². The minimum atomic E-state index is -1.38. The van der Waals surface area contributed by atoms with Crippen LogP contribution in [0.25, 0.3) is 0 Å². The van der Waals surface area contributed by atoms with E-state index in [9.17, 15) is 20.1 Å². The highest BCUT2D eigenvalue weighted by atomic mass is 16.3. The normalized spacial score (nSPS) is 49.8. The fourth-order valence-corrected chi connectivity index (χ4v) is 4.23. The zero-order chi connectivity index (χ0) is 16.1. The Morgan fingerprint density at radius 2 is 1.86 bits per heavy atom. The molecule has 0 aliphatic heterocycles. The molecule has 1 saturated carbocycles. The highest BCUT2D eigenvalue weighted by Gasteiger charge is 2.60. The largest absolute Gasteiger partial charge is 0.396 e. The summed E-state index contributed by atoms with van der Waals surface area (Å²) in [6.07, 6.45) is 3.10. The van der Waals surface area contributed by atoms with Crippen LogP contribution in [0, 0.1) is 17.3 Å². The molecule has 120 valence electrons. The van der Waals surface area contributed by atoms with Gasteiger partial charge >= 0.3 is 0 Å². The molecule has 0 amide bonds. The summed E-state index contributed by atoms with van der Waals surface area (Å²) in [4.78, 5) is 12.6. The molecule has 0 bridgehead atoms. The number of carbonyl (C=O) groups is 1. The van der Waals surface area contributed by atoms with E-state index in [2.05, 4.69) is 0 Å². The molecule has 1 fully saturated rings. The maximum absolute atomic E-state index is 12.6. The number of fused-ring (bicyclic) bond motifs is 1. The molecule has 0 radical (unpaired) electrons. The molecule has 21 heavy (non-hydrogen) atoms. The van der Waals surface area contributed by atoms with Crippen LogP contribution in [-0.2, 0) is 4.79 Å². The Morgan fingerprint density at radius 1 is 1.24 bits per heavy atom. The summed E-state index contributed by atoms with van der Waals surface area (Å²) in [5.41, 5.74) is -3.54. The van der Waals surface area contributed by atoms with Crippen LogP contribution >= 0.6 is 0 Å². The lowest BCUT2D eigenvalue weighted by Gasteiger charge is -2.56. The van der Waals surface area contributed by atoms with Crippen molar-refractivity contribution in [3.8, 4) is 0 Å². The molecule has 0 aromatic rings. The zero-order valence-corrected chi connectivity index (χ0v) is 12.9. The topological polar surface area (TPSA) is 98.0 Å². The van der Waals surface area contributed by atoms with Crippen molar-refractivity contribution in [3.05, 3.63) is 12.2 Å². The SMILES string of the molecule is C[C@]1(O)C[C@H]2C=C[C@@](C)(O)[C@@](C)(C(=O)CCO)[C@@H]2[C@@H](O)C1. The van der Waals surface area contributed by atoms with Crippen molar-refractivity contribution in [3.63, 3.8) is 0 Å². The van der Waals surface area contributed by atoms with E-state index < -0.39 is 28.6 Å². The molecule has 2 aliphatic rings. The number of allylic oxidation sites excluding steroid dienone is 1. The number of ketones is 1. The number of aliphatic hydroxyl groups is 4. The van der Waals surface area contributed by atoms with E-state index >= 15 is 0 Å². The zero-order valence-electron chi connectivity index (χ0n) is 12.9. The molecule has 0 saturated heterocycles. The summed E-state index contributed by atoms with van der Waals surface area (Å²) in [6.45, 7) is 4.63. The van der Waals surface area contributed by atoms with Crippen LogP contribution < -0.4 is 0 Å². The first kappa shape index (κ1) is 16.6. The average molecular weight is 298 g/mol. The van der Waals surface area contributed by atoms with Crippen molar-refractivity contribution in [1.82, 2.24) is 0 Å². The summed E-state index contributed by atoms with van der Waals surface area (Å²) in [7, 11) is 0. The third-order valence-corrected chi connectivity index (χ3v) is 5.50. The third-order valence-electron chi connectivity index (χ3n) is 5.50. The van der Waals surface area contributed by atoms with Crippen LogP contribution in [0.2, 0.25) is 0 Å². The second-order valence-corrected chi connectivity index (χ2v) is 7.27. The van der Waals surface area contributed by atoms with Crippen molar-refractivity contribution < 1.29 is 25.2 Å². The number of carbonyl (C=O) groups excluding carboxylic acids is 1. The second-order valence-electron chi connectivity index (χ2n) is 7.27. The molecule has 5 heteroatoms. The first-order valence-corrected chi connectivity index (χ1v) is 7.51. The standard InChI is InChI=1S/C16H26O5/c1-14(20)8-10-4-6-15(2,21)16(3,12(19)5-7-17)13(10)11(18)9-14/h4,6,10-11,13,17-18,20-21H,5,7-9H2,1-3H3/t10-,11+,13+,14+,15-,16+/m1/s1. The number of hydrogen-bond donors (Lipinski definition) is 4. The Bertz CT molecular complexity index is 454. The predicted molar refractivity (Wildman–Crippen MR) is 77.4 cm³/mol. The molecule has 0 spiro atoms. The number of hydrogen-bond acceptors (Lipinski definition) is 5. The van der Waals surface area contributed by atoms with Gasteiger partial charge in [-0.3, -0.25) is 4.79 Å². The lowest BCUT2D eigenvalue weighted by Crippen LogP contribution is -2.63.